The van der Waals surface area contributed by atoms with Crippen molar-refractivity contribution in [2.75, 3.05) is 0 Å². The van der Waals surface area contributed by atoms with Gasteiger partial charge in [0.25, 0.3) is 0 Å². The lowest BCUT2D eigenvalue weighted by atomic mass is 9.96. The van der Waals surface area contributed by atoms with E-state index in [0.29, 0.717) is 5.15 Å². The Kier molecular flexibility index (Phi) is 2.40. The Morgan fingerprint density at radius 3 is 2.42 bits per heavy atom. The van der Waals surface area contributed by atoms with Gasteiger partial charge in [-0.05, 0) is 38.5 Å². The van der Waals surface area contributed by atoms with E-state index in [4.69, 9.17) is 17.3 Å². The third-order valence-electron chi connectivity index (χ3n) is 1.67. The van der Waals surface area contributed by atoms with E-state index >= 15 is 0 Å². The van der Waals surface area contributed by atoms with Gasteiger partial charge in [0.2, 0.25) is 0 Å². The highest BCUT2D eigenvalue weighted by Crippen LogP contribution is 2.20. The minimum absolute atomic E-state index is 0.350. The SMILES string of the molecule is Cc1cc(C(C)(C)N)cc(Cl)n1. The molecule has 12 heavy (non-hydrogen) atoms. The van der Waals surface area contributed by atoms with Gasteiger partial charge in [-0.15, -0.1) is 0 Å². The fourth-order valence-electron chi connectivity index (χ4n) is 1.00. The molecule has 0 aliphatic heterocycles. The summed E-state index contributed by atoms with van der Waals surface area (Å²) in [6, 6.07) is 3.75. The first-order chi connectivity index (χ1) is 5.39. The first-order valence-electron chi connectivity index (χ1n) is 3.83. The summed E-state index contributed by atoms with van der Waals surface area (Å²) >= 11 is 5.79. The second kappa shape index (κ2) is 3.04. The summed E-state index contributed by atoms with van der Waals surface area (Å²) in [6.07, 6.45) is 0. The molecule has 1 aromatic rings. The van der Waals surface area contributed by atoms with Gasteiger partial charge in [-0.25, -0.2) is 4.98 Å². The van der Waals surface area contributed by atoms with Crippen molar-refractivity contribution >= 4 is 11.6 Å². The average molecular weight is 185 g/mol. The number of hydrogen-bond acceptors (Lipinski definition) is 2. The maximum atomic E-state index is 5.91. The molecule has 3 heteroatoms. The van der Waals surface area contributed by atoms with Crippen molar-refractivity contribution in [2.45, 2.75) is 26.3 Å². The highest BCUT2D eigenvalue weighted by Gasteiger charge is 2.14. The monoisotopic (exact) mass is 184 g/mol. The van der Waals surface area contributed by atoms with Crippen LogP contribution in [0, 0.1) is 6.92 Å². The van der Waals surface area contributed by atoms with Gasteiger partial charge >= 0.3 is 0 Å². The van der Waals surface area contributed by atoms with E-state index in [1.54, 1.807) is 6.07 Å². The quantitative estimate of drug-likeness (QED) is 0.680. The Morgan fingerprint density at radius 2 is 2.00 bits per heavy atom. The Bertz CT molecular complexity index is 269. The van der Waals surface area contributed by atoms with E-state index in [2.05, 4.69) is 4.98 Å². The zero-order chi connectivity index (χ0) is 9.35. The van der Waals surface area contributed by atoms with Crippen molar-refractivity contribution in [2.24, 2.45) is 5.73 Å². The Balaban J connectivity index is 3.18. The van der Waals surface area contributed by atoms with Crippen LogP contribution in [-0.4, -0.2) is 4.98 Å². The summed E-state index contributed by atoms with van der Waals surface area (Å²) in [4.78, 5) is 4.06. The molecule has 2 N–H and O–H groups in total. The molecule has 66 valence electrons. The number of nitrogens with zero attached hydrogens (tertiary/aromatic N) is 1. The molecule has 0 bridgehead atoms. The first-order valence-corrected chi connectivity index (χ1v) is 4.21. The Labute approximate surface area is 77.8 Å². The first kappa shape index (κ1) is 9.49. The van der Waals surface area contributed by atoms with Gasteiger partial charge < -0.3 is 5.73 Å². The summed E-state index contributed by atoms with van der Waals surface area (Å²) in [7, 11) is 0. The molecule has 0 saturated carbocycles. The lowest BCUT2D eigenvalue weighted by molar-refractivity contribution is 0.553. The number of rotatable bonds is 1. The van der Waals surface area contributed by atoms with E-state index in [0.717, 1.165) is 11.3 Å². The lowest BCUT2D eigenvalue weighted by Crippen LogP contribution is -2.28. The van der Waals surface area contributed by atoms with Gasteiger partial charge in [-0.1, -0.05) is 11.6 Å². The molecule has 0 radical (unpaired) electrons. The van der Waals surface area contributed by atoms with E-state index < -0.39 is 0 Å². The van der Waals surface area contributed by atoms with Crippen LogP contribution in [-0.2, 0) is 5.54 Å². The minimum atomic E-state index is -0.350. The Morgan fingerprint density at radius 1 is 1.42 bits per heavy atom. The molecule has 0 amide bonds. The molecule has 1 aromatic heterocycles. The molecule has 0 aliphatic rings. The van der Waals surface area contributed by atoms with Gasteiger partial charge in [0.05, 0.1) is 0 Å². The fraction of sp³-hybridized carbons (Fsp3) is 0.444. The zero-order valence-corrected chi connectivity index (χ0v) is 8.31. The van der Waals surface area contributed by atoms with Crippen LogP contribution in [0.5, 0.6) is 0 Å². The van der Waals surface area contributed by atoms with E-state index in [-0.39, 0.29) is 5.54 Å². The molecule has 0 atom stereocenters. The van der Waals surface area contributed by atoms with Crippen LogP contribution in [0.3, 0.4) is 0 Å². The highest BCUT2D eigenvalue weighted by atomic mass is 35.5. The van der Waals surface area contributed by atoms with Crippen molar-refractivity contribution < 1.29 is 0 Å². The second-order valence-corrected chi connectivity index (χ2v) is 3.93. The predicted octanol–water partition coefficient (Wildman–Crippen LogP) is 2.24. The van der Waals surface area contributed by atoms with Crippen molar-refractivity contribution in [3.63, 3.8) is 0 Å². The predicted molar refractivity (Wildman–Crippen MR) is 51.2 cm³/mol. The molecule has 0 aromatic carbocycles. The third kappa shape index (κ3) is 2.19. The van der Waals surface area contributed by atoms with Gasteiger partial charge in [0.15, 0.2) is 0 Å². The zero-order valence-electron chi connectivity index (χ0n) is 7.56. The standard InChI is InChI=1S/C9H13ClN2/c1-6-4-7(9(2,3)11)5-8(10)12-6/h4-5H,11H2,1-3H3. The van der Waals surface area contributed by atoms with Crippen molar-refractivity contribution in [3.05, 3.63) is 28.5 Å². The third-order valence-corrected chi connectivity index (χ3v) is 1.86. The fourth-order valence-corrected chi connectivity index (χ4v) is 1.25. The number of aromatic nitrogens is 1. The molecule has 1 heterocycles. The molecular weight excluding hydrogens is 172 g/mol. The summed E-state index contributed by atoms with van der Waals surface area (Å²) in [5.41, 5.74) is 7.47. The van der Waals surface area contributed by atoms with E-state index in [1.165, 1.54) is 0 Å². The van der Waals surface area contributed by atoms with Gasteiger partial charge in [-0.2, -0.15) is 0 Å². The molecule has 0 unspecified atom stereocenters. The number of pyridine rings is 1. The average Bonchev–Trinajstić information content (AvgIpc) is 1.82. The number of hydrogen-bond donors (Lipinski definition) is 1. The molecule has 0 fully saturated rings. The molecule has 2 nitrogen and oxygen atoms in total. The van der Waals surface area contributed by atoms with Crippen LogP contribution in [0.4, 0.5) is 0 Å². The van der Waals surface area contributed by atoms with Crippen LogP contribution in [0.15, 0.2) is 12.1 Å². The Hall–Kier alpha value is -0.600. The van der Waals surface area contributed by atoms with Crippen LogP contribution < -0.4 is 5.73 Å². The minimum Gasteiger partial charge on any atom is -0.322 e. The van der Waals surface area contributed by atoms with Crippen LogP contribution in [0.25, 0.3) is 0 Å². The molecule has 0 saturated heterocycles. The van der Waals surface area contributed by atoms with Crippen molar-refractivity contribution in [1.29, 1.82) is 0 Å². The molecule has 0 aliphatic carbocycles. The molecule has 1 rings (SSSR count). The van der Waals surface area contributed by atoms with Gasteiger partial charge in [0, 0.05) is 11.2 Å². The van der Waals surface area contributed by atoms with E-state index in [1.807, 2.05) is 26.8 Å². The maximum absolute atomic E-state index is 5.91. The van der Waals surface area contributed by atoms with E-state index in [9.17, 15) is 0 Å². The molecular formula is C9H13ClN2. The largest absolute Gasteiger partial charge is 0.322 e. The number of nitrogens with two attached hydrogens (primary N) is 1. The smallest absolute Gasteiger partial charge is 0.129 e. The maximum Gasteiger partial charge on any atom is 0.129 e. The highest BCUT2D eigenvalue weighted by molar-refractivity contribution is 6.29. The lowest BCUT2D eigenvalue weighted by Gasteiger charge is -2.19. The molecule has 0 spiro atoms. The normalized spacial score (nSPS) is 11.8. The summed E-state index contributed by atoms with van der Waals surface area (Å²) < 4.78 is 0. The van der Waals surface area contributed by atoms with Crippen molar-refractivity contribution in [3.8, 4) is 0 Å². The van der Waals surface area contributed by atoms with Crippen molar-refractivity contribution in [1.82, 2.24) is 4.98 Å². The van der Waals surface area contributed by atoms with Crippen LogP contribution in [0.1, 0.15) is 25.1 Å². The van der Waals surface area contributed by atoms with Gasteiger partial charge in [0.1, 0.15) is 5.15 Å². The second-order valence-electron chi connectivity index (χ2n) is 3.54. The number of halogens is 1. The summed E-state index contributed by atoms with van der Waals surface area (Å²) in [6.45, 7) is 5.79. The van der Waals surface area contributed by atoms with Gasteiger partial charge in [-0.3, -0.25) is 0 Å². The number of aryl methyl sites for hydroxylation is 1. The summed E-state index contributed by atoms with van der Waals surface area (Å²) in [5, 5.41) is 0.503. The summed E-state index contributed by atoms with van der Waals surface area (Å²) in [5.74, 6) is 0. The topological polar surface area (TPSA) is 38.9 Å². The van der Waals surface area contributed by atoms with Crippen LogP contribution >= 0.6 is 11.6 Å². The van der Waals surface area contributed by atoms with Crippen LogP contribution in [0.2, 0.25) is 5.15 Å².